The Labute approximate surface area is 88.8 Å². The highest BCUT2D eigenvalue weighted by Gasteiger charge is 2.33. The predicted octanol–water partition coefficient (Wildman–Crippen LogP) is 4.42. The normalized spacial score (nSPS) is 38.0. The van der Waals surface area contributed by atoms with Crippen LogP contribution in [0.5, 0.6) is 0 Å². The van der Waals surface area contributed by atoms with Gasteiger partial charge in [-0.25, -0.2) is 0 Å². The predicted molar refractivity (Wildman–Crippen MR) is 62.2 cm³/mol. The van der Waals surface area contributed by atoms with E-state index < -0.39 is 0 Å². The summed E-state index contributed by atoms with van der Waals surface area (Å²) < 4.78 is 0. The van der Waals surface area contributed by atoms with Crippen molar-refractivity contribution in [1.29, 1.82) is 0 Å². The van der Waals surface area contributed by atoms with E-state index in [0.717, 1.165) is 23.7 Å². The highest BCUT2D eigenvalue weighted by Crippen LogP contribution is 2.45. The van der Waals surface area contributed by atoms with E-state index in [2.05, 4.69) is 26.8 Å². The standard InChI is InChI=1S/C14H24/c1-10(2)14-9-11(3)8-12-6-4-5-7-13(12)14/h7,10-12,14H,4-6,8-9H2,1-3H3. The molecule has 80 valence electrons. The van der Waals surface area contributed by atoms with Crippen LogP contribution in [-0.4, -0.2) is 0 Å². The minimum absolute atomic E-state index is 0.851. The summed E-state index contributed by atoms with van der Waals surface area (Å²) in [6, 6.07) is 0. The first-order chi connectivity index (χ1) is 6.68. The van der Waals surface area contributed by atoms with E-state index >= 15 is 0 Å². The molecule has 0 N–H and O–H groups in total. The molecule has 1 saturated carbocycles. The van der Waals surface area contributed by atoms with Crippen molar-refractivity contribution < 1.29 is 0 Å². The zero-order valence-corrected chi connectivity index (χ0v) is 9.92. The second-order valence-corrected chi connectivity index (χ2v) is 5.76. The Hall–Kier alpha value is -0.260. The van der Waals surface area contributed by atoms with Crippen molar-refractivity contribution >= 4 is 0 Å². The lowest BCUT2D eigenvalue weighted by Gasteiger charge is -2.40. The average molecular weight is 192 g/mol. The number of allylic oxidation sites excluding steroid dienone is 2. The Morgan fingerprint density at radius 3 is 2.79 bits per heavy atom. The fraction of sp³-hybridized carbons (Fsp3) is 0.857. The van der Waals surface area contributed by atoms with Crippen LogP contribution in [0.2, 0.25) is 0 Å². The molecule has 1 fully saturated rings. The van der Waals surface area contributed by atoms with Crippen molar-refractivity contribution in [2.45, 2.75) is 52.9 Å². The molecule has 2 aliphatic rings. The van der Waals surface area contributed by atoms with Crippen LogP contribution in [0.1, 0.15) is 52.9 Å². The maximum Gasteiger partial charge on any atom is -0.0175 e. The molecule has 3 unspecified atom stereocenters. The zero-order valence-electron chi connectivity index (χ0n) is 9.92. The van der Waals surface area contributed by atoms with Gasteiger partial charge < -0.3 is 0 Å². The molecule has 0 spiro atoms. The Balaban J connectivity index is 2.18. The zero-order chi connectivity index (χ0) is 10.1. The van der Waals surface area contributed by atoms with E-state index in [-0.39, 0.29) is 0 Å². The molecule has 0 aromatic rings. The molecule has 0 heteroatoms. The summed E-state index contributed by atoms with van der Waals surface area (Å²) >= 11 is 0. The first kappa shape index (κ1) is 10.3. The molecule has 0 amide bonds. The van der Waals surface area contributed by atoms with Crippen molar-refractivity contribution in [2.24, 2.45) is 23.7 Å². The number of hydrogen-bond donors (Lipinski definition) is 0. The van der Waals surface area contributed by atoms with Gasteiger partial charge in [0.15, 0.2) is 0 Å². The molecular formula is C14H24. The SMILES string of the molecule is CC1CC2CCCC=C2C(C(C)C)C1. The van der Waals surface area contributed by atoms with Crippen LogP contribution >= 0.6 is 0 Å². The summed E-state index contributed by atoms with van der Waals surface area (Å²) in [4.78, 5) is 0. The summed E-state index contributed by atoms with van der Waals surface area (Å²) in [6.07, 6.45) is 9.74. The monoisotopic (exact) mass is 192 g/mol. The van der Waals surface area contributed by atoms with Crippen LogP contribution < -0.4 is 0 Å². The average Bonchev–Trinajstić information content (AvgIpc) is 2.16. The van der Waals surface area contributed by atoms with Crippen LogP contribution in [0.15, 0.2) is 11.6 Å². The Morgan fingerprint density at radius 2 is 2.07 bits per heavy atom. The maximum atomic E-state index is 2.57. The smallest absolute Gasteiger partial charge is 0.0175 e. The van der Waals surface area contributed by atoms with Crippen molar-refractivity contribution in [1.82, 2.24) is 0 Å². The molecule has 0 heterocycles. The molecule has 0 nitrogen and oxygen atoms in total. The minimum Gasteiger partial charge on any atom is -0.0848 e. The number of fused-ring (bicyclic) bond motifs is 1. The quantitative estimate of drug-likeness (QED) is 0.540. The summed E-state index contributed by atoms with van der Waals surface area (Å²) in [5.74, 6) is 3.68. The van der Waals surface area contributed by atoms with Crippen molar-refractivity contribution in [3.8, 4) is 0 Å². The number of hydrogen-bond acceptors (Lipinski definition) is 0. The van der Waals surface area contributed by atoms with Gasteiger partial charge in [-0.2, -0.15) is 0 Å². The van der Waals surface area contributed by atoms with Crippen LogP contribution in [-0.2, 0) is 0 Å². The van der Waals surface area contributed by atoms with Gasteiger partial charge in [0.2, 0.25) is 0 Å². The highest BCUT2D eigenvalue weighted by atomic mass is 14.4. The molecule has 2 aliphatic carbocycles. The topological polar surface area (TPSA) is 0 Å². The second-order valence-electron chi connectivity index (χ2n) is 5.76. The van der Waals surface area contributed by atoms with E-state index in [0.29, 0.717) is 0 Å². The minimum atomic E-state index is 0.851. The lowest BCUT2D eigenvalue weighted by Crippen LogP contribution is -2.29. The van der Waals surface area contributed by atoms with E-state index in [4.69, 9.17) is 0 Å². The van der Waals surface area contributed by atoms with Crippen LogP contribution in [0, 0.1) is 23.7 Å². The Morgan fingerprint density at radius 1 is 1.29 bits per heavy atom. The fourth-order valence-electron chi connectivity index (χ4n) is 3.48. The van der Waals surface area contributed by atoms with E-state index in [1.165, 1.54) is 32.1 Å². The third-order valence-corrected chi connectivity index (χ3v) is 4.18. The van der Waals surface area contributed by atoms with Gasteiger partial charge in [0.1, 0.15) is 0 Å². The lowest BCUT2D eigenvalue weighted by atomic mass is 9.65. The largest absolute Gasteiger partial charge is 0.0848 e. The van der Waals surface area contributed by atoms with E-state index in [1.807, 2.05) is 5.57 Å². The van der Waals surface area contributed by atoms with Crippen molar-refractivity contribution in [3.05, 3.63) is 11.6 Å². The van der Waals surface area contributed by atoms with Crippen molar-refractivity contribution in [3.63, 3.8) is 0 Å². The van der Waals surface area contributed by atoms with Gasteiger partial charge in [-0.1, -0.05) is 32.4 Å². The van der Waals surface area contributed by atoms with Crippen molar-refractivity contribution in [2.75, 3.05) is 0 Å². The summed E-state index contributed by atoms with van der Waals surface area (Å²) in [6.45, 7) is 7.24. The molecule has 0 aromatic heterocycles. The molecule has 0 bridgehead atoms. The highest BCUT2D eigenvalue weighted by molar-refractivity contribution is 5.17. The Bertz CT molecular complexity index is 224. The first-order valence-corrected chi connectivity index (χ1v) is 6.38. The molecule has 2 rings (SSSR count). The van der Waals surface area contributed by atoms with Gasteiger partial charge in [0, 0.05) is 0 Å². The summed E-state index contributed by atoms with van der Waals surface area (Å²) in [7, 11) is 0. The fourth-order valence-corrected chi connectivity index (χ4v) is 3.48. The van der Waals surface area contributed by atoms with Gasteiger partial charge in [-0.3, -0.25) is 0 Å². The molecule has 3 atom stereocenters. The molecule has 0 aromatic carbocycles. The van der Waals surface area contributed by atoms with E-state index in [9.17, 15) is 0 Å². The lowest BCUT2D eigenvalue weighted by molar-refractivity contribution is 0.225. The third kappa shape index (κ3) is 1.89. The van der Waals surface area contributed by atoms with Crippen LogP contribution in [0.25, 0.3) is 0 Å². The Kier molecular flexibility index (Phi) is 2.99. The first-order valence-electron chi connectivity index (χ1n) is 6.38. The summed E-state index contributed by atoms with van der Waals surface area (Å²) in [5.41, 5.74) is 1.84. The van der Waals surface area contributed by atoms with Gasteiger partial charge in [-0.05, 0) is 55.8 Å². The van der Waals surface area contributed by atoms with Gasteiger partial charge in [-0.15, -0.1) is 0 Å². The third-order valence-electron chi connectivity index (χ3n) is 4.18. The molecule has 14 heavy (non-hydrogen) atoms. The molecule has 0 saturated heterocycles. The molecule has 0 aliphatic heterocycles. The molecular weight excluding hydrogens is 168 g/mol. The van der Waals surface area contributed by atoms with Gasteiger partial charge in [0.05, 0.1) is 0 Å². The maximum absolute atomic E-state index is 2.57. The van der Waals surface area contributed by atoms with Crippen LogP contribution in [0.4, 0.5) is 0 Å². The van der Waals surface area contributed by atoms with Crippen LogP contribution in [0.3, 0.4) is 0 Å². The summed E-state index contributed by atoms with van der Waals surface area (Å²) in [5, 5.41) is 0. The van der Waals surface area contributed by atoms with Gasteiger partial charge in [0.25, 0.3) is 0 Å². The van der Waals surface area contributed by atoms with Gasteiger partial charge >= 0.3 is 0 Å². The molecule has 0 radical (unpaired) electrons. The number of rotatable bonds is 1. The van der Waals surface area contributed by atoms with E-state index in [1.54, 1.807) is 0 Å². The second kappa shape index (κ2) is 4.08.